The first-order chi connectivity index (χ1) is 27.6. The number of rotatable bonds is 6. The van der Waals surface area contributed by atoms with Crippen molar-refractivity contribution >= 4 is 0 Å². The fourth-order valence-electron chi connectivity index (χ4n) is 20.7. The van der Waals surface area contributed by atoms with Crippen LogP contribution in [-0.4, -0.2) is 0 Å². The van der Waals surface area contributed by atoms with E-state index >= 15 is 0 Å². The highest BCUT2D eigenvalue weighted by Crippen LogP contribution is 2.76. The topological polar surface area (TPSA) is 0 Å². The first kappa shape index (κ1) is 38.4. The lowest BCUT2D eigenvalue weighted by atomic mass is 9.46. The van der Waals surface area contributed by atoms with Gasteiger partial charge in [-0.3, -0.25) is 0 Å². The molecule has 0 aromatic carbocycles. The van der Waals surface area contributed by atoms with E-state index in [2.05, 4.69) is 38.2 Å². The van der Waals surface area contributed by atoms with Gasteiger partial charge < -0.3 is 0 Å². The average molecular weight is 761 g/mol. The lowest BCUT2D eigenvalue weighted by Gasteiger charge is -2.58. The van der Waals surface area contributed by atoms with Gasteiger partial charge in [-0.15, -0.1) is 0 Å². The Balaban J connectivity index is 0.979. The normalized spacial score (nSPS) is 53.8. The van der Waals surface area contributed by atoms with Crippen molar-refractivity contribution in [2.24, 2.45) is 130 Å². The minimum absolute atomic E-state index is 0.909. The molecule has 11 saturated carbocycles. The van der Waals surface area contributed by atoms with Crippen LogP contribution in [0.2, 0.25) is 0 Å². The third kappa shape index (κ3) is 6.77. The Bertz CT molecular complexity index is 1250. The van der Waals surface area contributed by atoms with Crippen LogP contribution in [0.15, 0.2) is 24.3 Å². The Hall–Kier alpha value is -0.520. The fourth-order valence-corrected chi connectivity index (χ4v) is 20.7. The molecule has 11 aliphatic carbocycles. The summed E-state index contributed by atoms with van der Waals surface area (Å²) >= 11 is 0. The lowest BCUT2D eigenvalue weighted by Crippen LogP contribution is -2.53. The highest BCUT2D eigenvalue weighted by molar-refractivity contribution is 5.20. The molecule has 0 saturated heterocycles. The van der Waals surface area contributed by atoms with Crippen LogP contribution < -0.4 is 0 Å². The van der Waals surface area contributed by atoms with Gasteiger partial charge in [-0.25, -0.2) is 0 Å². The summed E-state index contributed by atoms with van der Waals surface area (Å²) < 4.78 is 0. The van der Waals surface area contributed by atoms with E-state index in [1.807, 2.05) is 0 Å². The predicted molar refractivity (Wildman–Crippen MR) is 236 cm³/mol. The molecule has 0 aromatic rings. The third-order valence-corrected chi connectivity index (χ3v) is 22.1. The predicted octanol–water partition coefficient (Wildman–Crippen LogP) is 15.8. The molecule has 0 aliphatic heterocycles. The van der Waals surface area contributed by atoms with Crippen LogP contribution >= 0.6 is 0 Å². The van der Waals surface area contributed by atoms with Crippen molar-refractivity contribution in [2.45, 2.75) is 194 Å². The zero-order valence-electron chi connectivity index (χ0n) is 36.8. The molecular weight excluding hydrogens is 673 g/mol. The summed E-state index contributed by atoms with van der Waals surface area (Å²) in [5.74, 6) is 23.0. The Morgan fingerprint density at radius 2 is 0.643 bits per heavy atom. The van der Waals surface area contributed by atoms with Gasteiger partial charge in [0.25, 0.3) is 0 Å². The van der Waals surface area contributed by atoms with Gasteiger partial charge in [0.05, 0.1) is 0 Å². The fraction of sp³-hybridized carbons (Fsp3) is 0.929. The SMILES string of the molecule is CC1CCCC(C2C3C4CCCC5C(C=CC6CCCCC6)CCC(C54)C3C(C3CCCC(C)C3)C3C4CCCC5C(C=CC6CCCCC6)CCC(C54)C23)C1. The van der Waals surface area contributed by atoms with Crippen molar-refractivity contribution in [3.63, 3.8) is 0 Å². The summed E-state index contributed by atoms with van der Waals surface area (Å²) in [6.07, 6.45) is 54.9. The Labute approximate surface area is 346 Å². The van der Waals surface area contributed by atoms with Crippen LogP contribution in [0.3, 0.4) is 0 Å². The molecule has 0 heteroatoms. The van der Waals surface area contributed by atoms with Crippen LogP contribution in [-0.2, 0) is 0 Å². The van der Waals surface area contributed by atoms with Gasteiger partial charge in [-0.1, -0.05) is 128 Å². The summed E-state index contributed by atoms with van der Waals surface area (Å²) in [5, 5.41) is 0. The molecule has 11 fully saturated rings. The Morgan fingerprint density at radius 3 is 1.05 bits per heavy atom. The first-order valence-corrected chi connectivity index (χ1v) is 27.0. The standard InChI is InChI=1S/C56H88/c1-35-13-9-19-41(33-35)49-53-45-23-11-21-43-40(28-26-38-17-7-4-8-18-38)30-32-48(51(43)45)56(53)50(42-20-10-14-36(2)34-42)54-46-24-12-22-44-39(27-25-37-15-5-3-6-16-37)29-31-47(52(44)46)55(49)54/h25-28,35-56H,3-24,29-34H2,1-2H3. The third-order valence-electron chi connectivity index (χ3n) is 22.1. The molecular formula is C56H88. The number of allylic oxidation sites excluding steroid dienone is 4. The molecule has 0 N–H and O–H groups in total. The summed E-state index contributed by atoms with van der Waals surface area (Å²) in [7, 11) is 0. The minimum Gasteiger partial charge on any atom is -0.0851 e. The molecule has 0 nitrogen and oxygen atoms in total. The molecule has 0 heterocycles. The molecule has 56 heavy (non-hydrogen) atoms. The van der Waals surface area contributed by atoms with E-state index in [1.54, 1.807) is 103 Å². The molecule has 20 unspecified atom stereocenters. The number of fused-ring (bicyclic) bond motifs is 6. The minimum atomic E-state index is 0.909. The number of hydrogen-bond donors (Lipinski definition) is 0. The van der Waals surface area contributed by atoms with Gasteiger partial charge in [0.2, 0.25) is 0 Å². The van der Waals surface area contributed by atoms with Crippen molar-refractivity contribution in [1.29, 1.82) is 0 Å². The van der Waals surface area contributed by atoms with Crippen LogP contribution in [0, 0.1) is 130 Å². The van der Waals surface area contributed by atoms with Gasteiger partial charge in [0.1, 0.15) is 0 Å². The lowest BCUT2D eigenvalue weighted by molar-refractivity contribution is -0.106. The summed E-state index contributed by atoms with van der Waals surface area (Å²) in [5.41, 5.74) is 0. The maximum atomic E-state index is 2.91. The zero-order chi connectivity index (χ0) is 37.3. The van der Waals surface area contributed by atoms with E-state index < -0.39 is 0 Å². The van der Waals surface area contributed by atoms with Gasteiger partial charge in [-0.05, 0) is 220 Å². The molecule has 11 rings (SSSR count). The highest BCUT2D eigenvalue weighted by Gasteiger charge is 2.71. The smallest absolute Gasteiger partial charge is 0.0202 e. The molecule has 0 aromatic heterocycles. The van der Waals surface area contributed by atoms with Gasteiger partial charge in [0, 0.05) is 0 Å². The highest BCUT2D eigenvalue weighted by atomic mass is 14.8. The summed E-state index contributed by atoms with van der Waals surface area (Å²) in [6.45, 7) is 5.39. The maximum absolute atomic E-state index is 2.91. The van der Waals surface area contributed by atoms with E-state index in [0.717, 1.165) is 130 Å². The Morgan fingerprint density at radius 1 is 0.268 bits per heavy atom. The second-order valence-corrected chi connectivity index (χ2v) is 24.6. The van der Waals surface area contributed by atoms with Crippen molar-refractivity contribution in [3.05, 3.63) is 24.3 Å². The molecule has 312 valence electrons. The average Bonchev–Trinajstić information content (AvgIpc) is 3.75. The van der Waals surface area contributed by atoms with Crippen LogP contribution in [0.25, 0.3) is 0 Å². The molecule has 0 amide bonds. The van der Waals surface area contributed by atoms with Crippen molar-refractivity contribution < 1.29 is 0 Å². The van der Waals surface area contributed by atoms with E-state index in [9.17, 15) is 0 Å². The quantitative estimate of drug-likeness (QED) is 0.237. The van der Waals surface area contributed by atoms with Crippen molar-refractivity contribution in [3.8, 4) is 0 Å². The van der Waals surface area contributed by atoms with E-state index in [1.165, 1.54) is 77.0 Å². The Kier molecular flexibility index (Phi) is 11.2. The summed E-state index contributed by atoms with van der Waals surface area (Å²) in [4.78, 5) is 0. The van der Waals surface area contributed by atoms with Crippen LogP contribution in [0.5, 0.6) is 0 Å². The monoisotopic (exact) mass is 761 g/mol. The maximum Gasteiger partial charge on any atom is -0.0202 e. The van der Waals surface area contributed by atoms with Crippen LogP contribution in [0.1, 0.15) is 194 Å². The van der Waals surface area contributed by atoms with Crippen LogP contribution in [0.4, 0.5) is 0 Å². The first-order valence-electron chi connectivity index (χ1n) is 27.0. The molecule has 0 radical (unpaired) electrons. The molecule has 11 aliphatic rings. The summed E-state index contributed by atoms with van der Waals surface area (Å²) in [6, 6.07) is 0. The number of hydrogen-bond acceptors (Lipinski definition) is 0. The second-order valence-electron chi connectivity index (χ2n) is 24.6. The largest absolute Gasteiger partial charge is 0.0851 e. The molecule has 0 spiro atoms. The van der Waals surface area contributed by atoms with E-state index in [0.29, 0.717) is 0 Å². The van der Waals surface area contributed by atoms with Crippen molar-refractivity contribution in [2.75, 3.05) is 0 Å². The zero-order valence-corrected chi connectivity index (χ0v) is 36.8. The second kappa shape index (κ2) is 16.4. The van der Waals surface area contributed by atoms with E-state index in [4.69, 9.17) is 0 Å². The van der Waals surface area contributed by atoms with Gasteiger partial charge in [-0.2, -0.15) is 0 Å². The molecule has 0 bridgehead atoms. The van der Waals surface area contributed by atoms with E-state index in [-0.39, 0.29) is 0 Å². The van der Waals surface area contributed by atoms with Gasteiger partial charge >= 0.3 is 0 Å². The van der Waals surface area contributed by atoms with Crippen molar-refractivity contribution in [1.82, 2.24) is 0 Å². The molecule has 20 atom stereocenters. The van der Waals surface area contributed by atoms with Gasteiger partial charge in [0.15, 0.2) is 0 Å².